The third kappa shape index (κ3) is 4.65. The van der Waals surface area contributed by atoms with Crippen LogP contribution in [0.2, 0.25) is 0 Å². The van der Waals surface area contributed by atoms with E-state index in [1.54, 1.807) is 13.0 Å². The first-order valence-electron chi connectivity index (χ1n) is 6.29. The number of carbonyl (C=O) groups is 1. The van der Waals surface area contributed by atoms with E-state index in [1.165, 1.54) is 7.11 Å². The average Bonchev–Trinajstić information content (AvgIpc) is 2.81. The lowest BCUT2D eigenvalue weighted by Crippen LogP contribution is -2.24. The number of esters is 1. The van der Waals surface area contributed by atoms with Crippen molar-refractivity contribution in [3.05, 3.63) is 17.5 Å². The SMILES string of the molecule is COC(=O)[C@@H](c1cc(C)no1)[C@@H](C)COCCCO. The molecule has 19 heavy (non-hydrogen) atoms. The topological polar surface area (TPSA) is 81.8 Å². The zero-order chi connectivity index (χ0) is 14.3. The van der Waals surface area contributed by atoms with E-state index in [-0.39, 0.29) is 18.5 Å². The van der Waals surface area contributed by atoms with Crippen LogP contribution in [0.15, 0.2) is 10.6 Å². The van der Waals surface area contributed by atoms with Crippen molar-refractivity contribution < 1.29 is 23.9 Å². The second-order valence-corrected chi connectivity index (χ2v) is 4.50. The number of aromatic nitrogens is 1. The first-order chi connectivity index (χ1) is 9.10. The van der Waals surface area contributed by atoms with Gasteiger partial charge in [0.1, 0.15) is 5.92 Å². The fraction of sp³-hybridized carbons (Fsp3) is 0.692. The van der Waals surface area contributed by atoms with Crippen LogP contribution < -0.4 is 0 Å². The van der Waals surface area contributed by atoms with E-state index >= 15 is 0 Å². The maximum Gasteiger partial charge on any atom is 0.316 e. The number of methoxy groups -OCH3 is 1. The number of aliphatic hydroxyl groups is 1. The zero-order valence-corrected chi connectivity index (χ0v) is 11.6. The van der Waals surface area contributed by atoms with Crippen LogP contribution in [0.1, 0.15) is 30.7 Å². The van der Waals surface area contributed by atoms with Crippen LogP contribution in [0.4, 0.5) is 0 Å². The molecule has 0 aromatic carbocycles. The Bertz CT molecular complexity index is 390. The van der Waals surface area contributed by atoms with Crippen molar-refractivity contribution in [3.63, 3.8) is 0 Å². The molecule has 6 nitrogen and oxygen atoms in total. The Balaban J connectivity index is 2.66. The maximum atomic E-state index is 11.8. The molecular weight excluding hydrogens is 250 g/mol. The third-order valence-corrected chi connectivity index (χ3v) is 2.80. The van der Waals surface area contributed by atoms with Gasteiger partial charge >= 0.3 is 5.97 Å². The van der Waals surface area contributed by atoms with Crippen molar-refractivity contribution in [2.45, 2.75) is 26.2 Å². The number of aliphatic hydroxyl groups excluding tert-OH is 1. The van der Waals surface area contributed by atoms with Gasteiger partial charge in [-0.3, -0.25) is 4.79 Å². The largest absolute Gasteiger partial charge is 0.468 e. The fourth-order valence-electron chi connectivity index (χ4n) is 1.82. The summed E-state index contributed by atoms with van der Waals surface area (Å²) in [7, 11) is 1.35. The number of ether oxygens (including phenoxy) is 2. The summed E-state index contributed by atoms with van der Waals surface area (Å²) in [6.45, 7) is 4.63. The summed E-state index contributed by atoms with van der Waals surface area (Å²) >= 11 is 0. The standard InChI is InChI=1S/C13H21NO5/c1-9(8-18-6-4-5-15)12(13(16)17-3)11-7-10(2)14-19-11/h7,9,12,15H,4-6,8H2,1-3H3/t9-,12+/m0/s1. The number of nitrogens with zero attached hydrogens (tertiary/aromatic N) is 1. The van der Waals surface area contributed by atoms with Gasteiger partial charge in [0.15, 0.2) is 5.76 Å². The summed E-state index contributed by atoms with van der Waals surface area (Å²) in [4.78, 5) is 11.8. The van der Waals surface area contributed by atoms with Crippen molar-refractivity contribution in [2.24, 2.45) is 5.92 Å². The van der Waals surface area contributed by atoms with E-state index < -0.39 is 5.92 Å². The first-order valence-corrected chi connectivity index (χ1v) is 6.29. The lowest BCUT2D eigenvalue weighted by atomic mass is 9.92. The van der Waals surface area contributed by atoms with Gasteiger partial charge in [-0.15, -0.1) is 0 Å². The molecule has 1 aromatic rings. The molecule has 0 aliphatic heterocycles. The Morgan fingerprint density at radius 1 is 1.58 bits per heavy atom. The Kier molecular flexibility index (Phi) is 6.52. The van der Waals surface area contributed by atoms with Gasteiger partial charge in [0.05, 0.1) is 19.4 Å². The predicted octanol–water partition coefficient (Wildman–Crippen LogP) is 1.27. The molecule has 0 radical (unpaired) electrons. The second kappa shape index (κ2) is 7.91. The van der Waals surface area contributed by atoms with Crippen LogP contribution in [-0.2, 0) is 14.3 Å². The Morgan fingerprint density at radius 2 is 2.32 bits per heavy atom. The molecule has 0 unspecified atom stereocenters. The Morgan fingerprint density at radius 3 is 2.84 bits per heavy atom. The highest BCUT2D eigenvalue weighted by molar-refractivity contribution is 5.77. The first kappa shape index (κ1) is 15.7. The predicted molar refractivity (Wildman–Crippen MR) is 67.7 cm³/mol. The zero-order valence-electron chi connectivity index (χ0n) is 11.6. The molecule has 0 saturated carbocycles. The highest BCUT2D eigenvalue weighted by Gasteiger charge is 2.31. The highest BCUT2D eigenvalue weighted by Crippen LogP contribution is 2.27. The van der Waals surface area contributed by atoms with E-state index in [4.69, 9.17) is 19.1 Å². The van der Waals surface area contributed by atoms with Crippen molar-refractivity contribution in [1.82, 2.24) is 5.16 Å². The quantitative estimate of drug-likeness (QED) is 0.566. The fourth-order valence-corrected chi connectivity index (χ4v) is 1.82. The van der Waals surface area contributed by atoms with Crippen LogP contribution in [-0.4, -0.2) is 43.2 Å². The van der Waals surface area contributed by atoms with E-state index in [2.05, 4.69) is 5.16 Å². The van der Waals surface area contributed by atoms with E-state index in [9.17, 15) is 4.79 Å². The summed E-state index contributed by atoms with van der Waals surface area (Å²) in [5.41, 5.74) is 0.720. The molecule has 0 spiro atoms. The van der Waals surface area contributed by atoms with Gasteiger partial charge in [0, 0.05) is 25.2 Å². The minimum Gasteiger partial charge on any atom is -0.468 e. The molecule has 108 valence electrons. The minimum atomic E-state index is -0.527. The number of aryl methyl sites for hydroxylation is 1. The molecule has 0 aliphatic rings. The van der Waals surface area contributed by atoms with Gasteiger partial charge < -0.3 is 19.1 Å². The Labute approximate surface area is 112 Å². The number of hydrogen-bond donors (Lipinski definition) is 1. The Hall–Kier alpha value is -1.40. The normalized spacial score (nSPS) is 14.1. The third-order valence-electron chi connectivity index (χ3n) is 2.80. The van der Waals surface area contributed by atoms with E-state index in [0.717, 1.165) is 5.69 Å². The summed E-state index contributed by atoms with van der Waals surface area (Å²) < 4.78 is 15.4. The van der Waals surface area contributed by atoms with E-state index in [0.29, 0.717) is 25.4 Å². The number of hydrogen-bond acceptors (Lipinski definition) is 6. The molecule has 6 heteroatoms. The van der Waals surface area contributed by atoms with Crippen molar-refractivity contribution in [3.8, 4) is 0 Å². The van der Waals surface area contributed by atoms with Gasteiger partial charge in [-0.05, 0) is 13.3 Å². The van der Waals surface area contributed by atoms with Gasteiger partial charge in [-0.1, -0.05) is 12.1 Å². The smallest absolute Gasteiger partial charge is 0.316 e. The minimum absolute atomic E-state index is 0.0934. The van der Waals surface area contributed by atoms with Gasteiger partial charge in [-0.2, -0.15) is 0 Å². The van der Waals surface area contributed by atoms with Crippen LogP contribution in [0.3, 0.4) is 0 Å². The van der Waals surface area contributed by atoms with E-state index in [1.807, 2.05) is 6.92 Å². The maximum absolute atomic E-state index is 11.8. The summed E-state index contributed by atoms with van der Waals surface area (Å²) in [6.07, 6.45) is 0.580. The molecule has 1 heterocycles. The second-order valence-electron chi connectivity index (χ2n) is 4.50. The lowest BCUT2D eigenvalue weighted by molar-refractivity contribution is -0.145. The number of rotatable bonds is 8. The molecule has 0 amide bonds. The molecule has 0 fully saturated rings. The molecule has 1 aromatic heterocycles. The van der Waals surface area contributed by atoms with Crippen molar-refractivity contribution >= 4 is 5.97 Å². The van der Waals surface area contributed by atoms with Gasteiger partial charge in [0.25, 0.3) is 0 Å². The number of carbonyl (C=O) groups excluding carboxylic acids is 1. The van der Waals surface area contributed by atoms with Crippen LogP contribution in [0.25, 0.3) is 0 Å². The average molecular weight is 271 g/mol. The van der Waals surface area contributed by atoms with Crippen LogP contribution in [0, 0.1) is 12.8 Å². The van der Waals surface area contributed by atoms with Crippen LogP contribution in [0.5, 0.6) is 0 Å². The highest BCUT2D eigenvalue weighted by atomic mass is 16.5. The molecule has 1 rings (SSSR count). The lowest BCUT2D eigenvalue weighted by Gasteiger charge is -2.19. The molecule has 0 aliphatic carbocycles. The molecule has 1 N–H and O–H groups in total. The molecule has 0 bridgehead atoms. The summed E-state index contributed by atoms with van der Waals surface area (Å²) in [5.74, 6) is -0.504. The molecule has 2 atom stereocenters. The van der Waals surface area contributed by atoms with Gasteiger partial charge in [0.2, 0.25) is 0 Å². The van der Waals surface area contributed by atoms with Crippen molar-refractivity contribution in [1.29, 1.82) is 0 Å². The van der Waals surface area contributed by atoms with Gasteiger partial charge in [-0.25, -0.2) is 0 Å². The molecule has 0 saturated heterocycles. The molecular formula is C13H21NO5. The van der Waals surface area contributed by atoms with Crippen molar-refractivity contribution in [2.75, 3.05) is 26.9 Å². The summed E-state index contributed by atoms with van der Waals surface area (Å²) in [5, 5.41) is 12.5. The van der Waals surface area contributed by atoms with Crippen LogP contribution >= 0.6 is 0 Å². The monoisotopic (exact) mass is 271 g/mol. The summed E-state index contributed by atoms with van der Waals surface area (Å²) in [6, 6.07) is 1.73.